The highest BCUT2D eigenvalue weighted by Gasteiger charge is 2.17. The van der Waals surface area contributed by atoms with Gasteiger partial charge in [0.25, 0.3) is 5.91 Å². The zero-order valence-corrected chi connectivity index (χ0v) is 18.9. The minimum atomic E-state index is -3.85. The fourth-order valence-electron chi connectivity index (χ4n) is 3.61. The van der Waals surface area contributed by atoms with Gasteiger partial charge >= 0.3 is 0 Å². The number of nitrogens with one attached hydrogen (secondary N) is 2. The number of nitrogens with zero attached hydrogens (tertiary/aromatic N) is 3. The summed E-state index contributed by atoms with van der Waals surface area (Å²) < 4.78 is 30.1. The Morgan fingerprint density at radius 2 is 1.77 bits per heavy atom. The monoisotopic (exact) mass is 459 g/mol. The molecule has 8 nitrogen and oxygen atoms in total. The molecule has 4 rings (SSSR count). The number of hydrogen-bond acceptors (Lipinski definition) is 6. The fraction of sp³-hybridized carbons (Fsp3) is 0.333. The first-order valence-corrected chi connectivity index (χ1v) is 12.6. The molecule has 164 valence electrons. The summed E-state index contributed by atoms with van der Waals surface area (Å²) in [6.45, 7) is 2.04. The van der Waals surface area contributed by atoms with Gasteiger partial charge in [0.15, 0.2) is 0 Å². The summed E-state index contributed by atoms with van der Waals surface area (Å²) >= 11 is 1.41. The zero-order valence-electron chi connectivity index (χ0n) is 17.2. The smallest absolute Gasteiger partial charge is 0.257 e. The molecular formula is C21H25N5O3S2. The number of sulfonamides is 1. The molecule has 2 heterocycles. The van der Waals surface area contributed by atoms with Gasteiger partial charge in [0.05, 0.1) is 10.2 Å². The lowest BCUT2D eigenvalue weighted by molar-refractivity contribution is -0.118. The van der Waals surface area contributed by atoms with Gasteiger partial charge in [0.1, 0.15) is 5.75 Å². The summed E-state index contributed by atoms with van der Waals surface area (Å²) in [5.74, 6) is -1.41. The number of thiazole rings is 1. The third-order valence-corrected chi connectivity index (χ3v) is 7.48. The first kappa shape index (κ1) is 21.4. The van der Waals surface area contributed by atoms with Crippen LogP contribution in [0.5, 0.6) is 0 Å². The number of piperidine rings is 1. The van der Waals surface area contributed by atoms with Crippen molar-refractivity contribution in [2.45, 2.75) is 19.3 Å². The third kappa shape index (κ3) is 5.26. The summed E-state index contributed by atoms with van der Waals surface area (Å²) in [6.07, 6.45) is 3.60. The number of aromatic nitrogens is 1. The van der Waals surface area contributed by atoms with Gasteiger partial charge in [0, 0.05) is 31.5 Å². The number of carbonyl (C=O) groups is 1. The molecule has 0 saturated carbocycles. The lowest BCUT2D eigenvalue weighted by atomic mass is 10.1. The molecule has 2 aromatic carbocycles. The maximum Gasteiger partial charge on any atom is 0.257 e. The lowest BCUT2D eigenvalue weighted by Gasteiger charge is -2.28. The van der Waals surface area contributed by atoms with Crippen molar-refractivity contribution in [3.05, 3.63) is 53.3 Å². The van der Waals surface area contributed by atoms with Crippen molar-refractivity contribution in [3.63, 3.8) is 0 Å². The number of rotatable bonds is 6. The summed E-state index contributed by atoms with van der Waals surface area (Å²) in [6, 6.07) is 15.0. The molecule has 0 radical (unpaired) electrons. The van der Waals surface area contributed by atoms with Crippen LogP contribution in [0.1, 0.15) is 19.3 Å². The molecule has 0 atom stereocenters. The maximum absolute atomic E-state index is 12.4. The Bertz CT molecular complexity index is 1240. The van der Waals surface area contributed by atoms with E-state index in [2.05, 4.69) is 20.1 Å². The maximum atomic E-state index is 12.4. The van der Waals surface area contributed by atoms with E-state index >= 15 is 0 Å². The standard InChI is InChI=1S/C21H25N5O3S2/c1-25-18-7-3-4-8-19(18)30-21(25)23-22-20(27)15-31(28,29)24-16-9-11-17(12-10-16)26-13-5-2-6-14-26/h3-4,7-12,24H,2,5-6,13-15H2,1H3,(H,22,27)/b23-21-. The van der Waals surface area contributed by atoms with E-state index in [1.54, 1.807) is 12.1 Å². The number of aryl methyl sites for hydroxylation is 1. The quantitative estimate of drug-likeness (QED) is 0.554. The van der Waals surface area contributed by atoms with Crippen LogP contribution in [0.4, 0.5) is 11.4 Å². The van der Waals surface area contributed by atoms with E-state index in [4.69, 9.17) is 0 Å². The number of benzene rings is 2. The van der Waals surface area contributed by atoms with Crippen molar-refractivity contribution in [2.75, 3.05) is 28.5 Å². The van der Waals surface area contributed by atoms with E-state index in [0.29, 0.717) is 10.5 Å². The molecule has 10 heteroatoms. The Morgan fingerprint density at radius 3 is 2.48 bits per heavy atom. The van der Waals surface area contributed by atoms with E-state index in [0.717, 1.165) is 29.0 Å². The molecule has 1 amide bonds. The predicted octanol–water partition coefficient (Wildman–Crippen LogP) is 2.60. The Balaban J connectivity index is 1.37. The summed E-state index contributed by atoms with van der Waals surface area (Å²) in [4.78, 5) is 15.0. The highest BCUT2D eigenvalue weighted by molar-refractivity contribution is 7.93. The van der Waals surface area contributed by atoms with Crippen molar-refractivity contribution >= 4 is 48.9 Å². The molecule has 3 aromatic rings. The SMILES string of the molecule is Cn1/c(=N/NC(=O)CS(=O)(=O)Nc2ccc(N3CCCCC3)cc2)sc2ccccc21. The summed E-state index contributed by atoms with van der Waals surface area (Å²) in [5, 5.41) is 4.08. The molecule has 1 saturated heterocycles. The van der Waals surface area contributed by atoms with Gasteiger partial charge in [-0.3, -0.25) is 9.52 Å². The molecule has 0 spiro atoms. The molecule has 1 fully saturated rings. The van der Waals surface area contributed by atoms with E-state index < -0.39 is 21.7 Å². The number of carbonyl (C=O) groups excluding carboxylic acids is 1. The number of fused-ring (bicyclic) bond motifs is 1. The summed E-state index contributed by atoms with van der Waals surface area (Å²) in [7, 11) is -2.01. The van der Waals surface area contributed by atoms with E-state index in [-0.39, 0.29) is 0 Å². The Labute approximate surface area is 185 Å². The van der Waals surface area contributed by atoms with E-state index in [1.165, 1.54) is 30.6 Å². The van der Waals surface area contributed by atoms with Crippen LogP contribution >= 0.6 is 11.3 Å². The lowest BCUT2D eigenvalue weighted by Crippen LogP contribution is -2.32. The van der Waals surface area contributed by atoms with Gasteiger partial charge in [-0.05, 0) is 55.7 Å². The third-order valence-electron chi connectivity index (χ3n) is 5.17. The van der Waals surface area contributed by atoms with Crippen LogP contribution in [0.2, 0.25) is 0 Å². The van der Waals surface area contributed by atoms with E-state index in [9.17, 15) is 13.2 Å². The molecule has 2 N–H and O–H groups in total. The van der Waals surface area contributed by atoms with Crippen molar-refractivity contribution in [1.29, 1.82) is 0 Å². The van der Waals surface area contributed by atoms with Crippen molar-refractivity contribution in [1.82, 2.24) is 9.99 Å². The fourth-order valence-corrected chi connectivity index (χ4v) is 5.57. The van der Waals surface area contributed by atoms with Gasteiger partial charge in [-0.2, -0.15) is 0 Å². The molecule has 1 aliphatic heterocycles. The molecule has 1 aliphatic rings. The van der Waals surface area contributed by atoms with Gasteiger partial charge in [-0.25, -0.2) is 13.8 Å². The topological polar surface area (TPSA) is 95.8 Å². The van der Waals surface area contributed by atoms with Crippen LogP contribution < -0.4 is 19.8 Å². The number of amides is 1. The minimum absolute atomic E-state index is 0.432. The average Bonchev–Trinajstić information content (AvgIpc) is 3.09. The van der Waals surface area contributed by atoms with E-state index in [1.807, 2.05) is 48.0 Å². The molecule has 0 bridgehead atoms. The summed E-state index contributed by atoms with van der Waals surface area (Å²) in [5.41, 5.74) is 4.84. The highest BCUT2D eigenvalue weighted by atomic mass is 32.2. The van der Waals surface area contributed by atoms with Crippen LogP contribution in [0, 0.1) is 0 Å². The zero-order chi connectivity index (χ0) is 21.8. The number of hydrogen-bond donors (Lipinski definition) is 2. The molecule has 0 aliphatic carbocycles. The number of para-hydroxylation sites is 1. The Kier molecular flexibility index (Phi) is 6.28. The van der Waals surface area contributed by atoms with Gasteiger partial charge in [-0.15, -0.1) is 5.10 Å². The molecule has 31 heavy (non-hydrogen) atoms. The van der Waals surface area contributed by atoms with Crippen molar-refractivity contribution in [3.8, 4) is 0 Å². The van der Waals surface area contributed by atoms with Crippen LogP contribution in [0.3, 0.4) is 0 Å². The second-order valence-electron chi connectivity index (χ2n) is 7.51. The van der Waals surface area contributed by atoms with Crippen molar-refractivity contribution < 1.29 is 13.2 Å². The van der Waals surface area contributed by atoms with Gasteiger partial charge in [0.2, 0.25) is 14.8 Å². The second-order valence-corrected chi connectivity index (χ2v) is 10.2. The number of anilines is 2. The van der Waals surface area contributed by atoms with Gasteiger partial charge < -0.3 is 9.47 Å². The van der Waals surface area contributed by atoms with Crippen molar-refractivity contribution in [2.24, 2.45) is 12.1 Å². The second kappa shape index (κ2) is 9.11. The van der Waals surface area contributed by atoms with Crippen LogP contribution in [0.25, 0.3) is 10.2 Å². The normalized spacial score (nSPS) is 15.3. The van der Waals surface area contributed by atoms with Gasteiger partial charge in [-0.1, -0.05) is 23.5 Å². The Hall–Kier alpha value is -2.85. The highest BCUT2D eigenvalue weighted by Crippen LogP contribution is 2.22. The molecule has 0 unspecified atom stereocenters. The Morgan fingerprint density at radius 1 is 1.06 bits per heavy atom. The minimum Gasteiger partial charge on any atom is -0.372 e. The van der Waals surface area contributed by atoms with Crippen LogP contribution in [0.15, 0.2) is 53.6 Å². The largest absolute Gasteiger partial charge is 0.372 e. The van der Waals surface area contributed by atoms with Crippen LogP contribution in [-0.2, 0) is 21.9 Å². The van der Waals surface area contributed by atoms with Crippen LogP contribution in [-0.4, -0.2) is 37.7 Å². The molecule has 1 aromatic heterocycles. The predicted molar refractivity (Wildman–Crippen MR) is 124 cm³/mol. The molecular weight excluding hydrogens is 434 g/mol. The average molecular weight is 460 g/mol. The first-order valence-electron chi connectivity index (χ1n) is 10.1. The first-order chi connectivity index (χ1) is 14.9.